The normalized spacial score (nSPS) is 23.1. The van der Waals surface area contributed by atoms with Gasteiger partial charge in [-0.3, -0.25) is 4.79 Å². The zero-order chi connectivity index (χ0) is 13.7. The molecule has 2 rings (SSSR count). The zero-order valence-corrected chi connectivity index (χ0v) is 13.7. The third-order valence-electron chi connectivity index (χ3n) is 3.97. The third-order valence-corrected chi connectivity index (χ3v) is 4.64. The van der Waals surface area contributed by atoms with E-state index in [9.17, 15) is 4.79 Å². The second kappa shape index (κ2) is 7.27. The Kier molecular flexibility index (Phi) is 5.67. The number of halogens is 1. The highest BCUT2D eigenvalue weighted by molar-refractivity contribution is 14.1. The fraction of sp³-hybridized carbons (Fsp3) is 0.562. The number of benzene rings is 1. The fourth-order valence-corrected chi connectivity index (χ4v) is 3.45. The van der Waals surface area contributed by atoms with Crippen molar-refractivity contribution in [1.29, 1.82) is 0 Å². The van der Waals surface area contributed by atoms with Crippen LogP contribution in [0.1, 0.15) is 55.8 Å². The Morgan fingerprint density at radius 3 is 2.68 bits per heavy atom. The van der Waals surface area contributed by atoms with Crippen LogP contribution in [0, 0.1) is 9.49 Å². The Morgan fingerprint density at radius 2 is 2.05 bits per heavy atom. The van der Waals surface area contributed by atoms with E-state index in [0.717, 1.165) is 27.9 Å². The van der Waals surface area contributed by atoms with Crippen LogP contribution in [0.3, 0.4) is 0 Å². The van der Waals surface area contributed by atoms with E-state index < -0.39 is 0 Å². The van der Waals surface area contributed by atoms with Gasteiger partial charge in [0, 0.05) is 15.2 Å². The number of hydrogen-bond donors (Lipinski definition) is 1. The van der Waals surface area contributed by atoms with Crippen LogP contribution in [0.15, 0.2) is 24.3 Å². The maximum atomic E-state index is 12.2. The Balaban J connectivity index is 1.84. The molecule has 1 fully saturated rings. The molecule has 1 aromatic rings. The van der Waals surface area contributed by atoms with E-state index in [0.29, 0.717) is 6.04 Å². The highest BCUT2D eigenvalue weighted by Crippen LogP contribution is 2.27. The lowest BCUT2D eigenvalue weighted by Crippen LogP contribution is -2.37. The van der Waals surface area contributed by atoms with Crippen molar-refractivity contribution in [3.63, 3.8) is 0 Å². The SMILES string of the molecule is CCCC1CCC(NC(=O)c2cccc(I)c2)CC1. The molecule has 0 spiro atoms. The van der Waals surface area contributed by atoms with Gasteiger partial charge in [-0.15, -0.1) is 0 Å². The van der Waals surface area contributed by atoms with Crippen molar-refractivity contribution in [3.05, 3.63) is 33.4 Å². The molecule has 0 aromatic heterocycles. The first-order valence-corrected chi connectivity index (χ1v) is 8.33. The second-order valence-electron chi connectivity index (χ2n) is 5.49. The third kappa shape index (κ3) is 4.48. The first kappa shape index (κ1) is 14.8. The van der Waals surface area contributed by atoms with Crippen molar-refractivity contribution in [1.82, 2.24) is 5.32 Å². The maximum absolute atomic E-state index is 12.2. The Hall–Kier alpha value is -0.580. The Bertz CT molecular complexity index is 425. The van der Waals surface area contributed by atoms with Gasteiger partial charge in [0.1, 0.15) is 0 Å². The van der Waals surface area contributed by atoms with Crippen LogP contribution >= 0.6 is 22.6 Å². The van der Waals surface area contributed by atoms with Crippen molar-refractivity contribution in [2.45, 2.75) is 51.5 Å². The second-order valence-corrected chi connectivity index (χ2v) is 6.74. The summed E-state index contributed by atoms with van der Waals surface area (Å²) >= 11 is 2.24. The van der Waals surface area contributed by atoms with Crippen molar-refractivity contribution >= 4 is 28.5 Å². The van der Waals surface area contributed by atoms with Gasteiger partial charge in [-0.1, -0.05) is 25.8 Å². The summed E-state index contributed by atoms with van der Waals surface area (Å²) in [5.41, 5.74) is 0.780. The largest absolute Gasteiger partial charge is 0.349 e. The van der Waals surface area contributed by atoms with Gasteiger partial charge < -0.3 is 5.32 Å². The molecule has 19 heavy (non-hydrogen) atoms. The molecule has 0 atom stereocenters. The van der Waals surface area contributed by atoms with Gasteiger partial charge in [0.15, 0.2) is 0 Å². The number of carbonyl (C=O) groups excluding carboxylic acids is 1. The topological polar surface area (TPSA) is 29.1 Å². The van der Waals surface area contributed by atoms with Crippen LogP contribution in [0.2, 0.25) is 0 Å². The summed E-state index contributed by atoms with van der Waals surface area (Å²) in [6.45, 7) is 2.25. The molecule has 1 amide bonds. The van der Waals surface area contributed by atoms with E-state index in [2.05, 4.69) is 34.8 Å². The predicted molar refractivity (Wildman–Crippen MR) is 87.3 cm³/mol. The molecule has 0 bridgehead atoms. The Morgan fingerprint density at radius 1 is 1.32 bits per heavy atom. The molecule has 3 heteroatoms. The molecule has 1 aliphatic carbocycles. The van der Waals surface area contributed by atoms with Gasteiger partial charge in [0.2, 0.25) is 0 Å². The summed E-state index contributed by atoms with van der Waals surface area (Å²) in [4.78, 5) is 12.2. The molecule has 0 saturated heterocycles. The minimum absolute atomic E-state index is 0.0810. The van der Waals surface area contributed by atoms with Crippen LogP contribution in [0.4, 0.5) is 0 Å². The summed E-state index contributed by atoms with van der Waals surface area (Å²) in [6.07, 6.45) is 7.44. The van der Waals surface area contributed by atoms with Crippen LogP contribution < -0.4 is 5.32 Å². The standard InChI is InChI=1S/C16H22INO/c1-2-4-12-7-9-15(10-8-12)18-16(19)13-5-3-6-14(17)11-13/h3,5-6,11-12,15H,2,4,7-10H2,1H3,(H,18,19). The van der Waals surface area contributed by atoms with Gasteiger partial charge in [-0.05, 0) is 72.4 Å². The number of amides is 1. The molecule has 1 N–H and O–H groups in total. The molecule has 2 nitrogen and oxygen atoms in total. The Labute approximate surface area is 129 Å². The summed E-state index contributed by atoms with van der Waals surface area (Å²) in [5.74, 6) is 0.966. The number of carbonyl (C=O) groups is 1. The molecule has 104 valence electrons. The molecule has 0 unspecified atom stereocenters. The minimum atomic E-state index is 0.0810. The van der Waals surface area contributed by atoms with Gasteiger partial charge in [0.25, 0.3) is 5.91 Å². The quantitative estimate of drug-likeness (QED) is 0.782. The summed E-state index contributed by atoms with van der Waals surface area (Å²) in [5, 5.41) is 3.18. The van der Waals surface area contributed by atoms with Crippen molar-refractivity contribution in [3.8, 4) is 0 Å². The highest BCUT2D eigenvalue weighted by Gasteiger charge is 2.22. The average molecular weight is 371 g/mol. The first-order valence-electron chi connectivity index (χ1n) is 7.25. The van der Waals surface area contributed by atoms with E-state index >= 15 is 0 Å². The number of rotatable bonds is 4. The van der Waals surface area contributed by atoms with E-state index in [1.165, 1.54) is 25.7 Å². The van der Waals surface area contributed by atoms with Gasteiger partial charge >= 0.3 is 0 Å². The van der Waals surface area contributed by atoms with Gasteiger partial charge in [-0.2, -0.15) is 0 Å². The van der Waals surface area contributed by atoms with E-state index in [4.69, 9.17) is 0 Å². The number of nitrogens with one attached hydrogen (secondary N) is 1. The molecular weight excluding hydrogens is 349 g/mol. The first-order chi connectivity index (χ1) is 9.19. The van der Waals surface area contributed by atoms with Crippen LogP contribution in [0.25, 0.3) is 0 Å². The van der Waals surface area contributed by atoms with E-state index in [1.807, 2.05) is 24.3 Å². The van der Waals surface area contributed by atoms with Crippen LogP contribution in [0.5, 0.6) is 0 Å². The monoisotopic (exact) mass is 371 g/mol. The smallest absolute Gasteiger partial charge is 0.251 e. The lowest BCUT2D eigenvalue weighted by Gasteiger charge is -2.29. The lowest BCUT2D eigenvalue weighted by atomic mass is 9.83. The van der Waals surface area contributed by atoms with Crippen LogP contribution in [-0.2, 0) is 0 Å². The van der Waals surface area contributed by atoms with Crippen LogP contribution in [-0.4, -0.2) is 11.9 Å². The molecule has 0 radical (unpaired) electrons. The molecule has 1 saturated carbocycles. The van der Waals surface area contributed by atoms with Crippen molar-refractivity contribution in [2.24, 2.45) is 5.92 Å². The number of hydrogen-bond acceptors (Lipinski definition) is 1. The van der Waals surface area contributed by atoms with Crippen molar-refractivity contribution < 1.29 is 4.79 Å². The fourth-order valence-electron chi connectivity index (χ4n) is 2.90. The van der Waals surface area contributed by atoms with Crippen molar-refractivity contribution in [2.75, 3.05) is 0 Å². The van der Waals surface area contributed by atoms with Gasteiger partial charge in [-0.25, -0.2) is 0 Å². The summed E-state index contributed by atoms with van der Waals surface area (Å²) in [6, 6.07) is 8.15. The minimum Gasteiger partial charge on any atom is -0.349 e. The predicted octanol–water partition coefficient (Wildman–Crippen LogP) is 4.38. The highest BCUT2D eigenvalue weighted by atomic mass is 127. The van der Waals surface area contributed by atoms with E-state index in [-0.39, 0.29) is 5.91 Å². The molecular formula is C16H22INO. The zero-order valence-electron chi connectivity index (χ0n) is 11.5. The summed E-state index contributed by atoms with van der Waals surface area (Å²) in [7, 11) is 0. The molecule has 0 aliphatic heterocycles. The lowest BCUT2D eigenvalue weighted by molar-refractivity contribution is 0.0921. The molecule has 1 aliphatic rings. The molecule has 1 aromatic carbocycles. The van der Waals surface area contributed by atoms with Gasteiger partial charge in [0.05, 0.1) is 0 Å². The van der Waals surface area contributed by atoms with E-state index in [1.54, 1.807) is 0 Å². The maximum Gasteiger partial charge on any atom is 0.251 e. The molecule has 0 heterocycles. The summed E-state index contributed by atoms with van der Waals surface area (Å²) < 4.78 is 1.11. The average Bonchev–Trinajstić information content (AvgIpc) is 2.41.